The highest BCUT2D eigenvalue weighted by Crippen LogP contribution is 2.27. The van der Waals surface area contributed by atoms with E-state index in [1.807, 2.05) is 13.8 Å². The highest BCUT2D eigenvalue weighted by Gasteiger charge is 2.34. The van der Waals surface area contributed by atoms with Gasteiger partial charge in [0.25, 0.3) is 0 Å². The maximum absolute atomic E-state index is 5.54. The van der Waals surface area contributed by atoms with Crippen molar-refractivity contribution in [2.75, 3.05) is 26.9 Å². The van der Waals surface area contributed by atoms with E-state index in [-0.39, 0.29) is 18.0 Å². The zero-order chi connectivity index (χ0) is 10.6. The molecule has 0 bridgehead atoms. The minimum Gasteiger partial charge on any atom is -0.380 e. The normalized spacial score (nSPS) is 24.0. The molecule has 2 unspecified atom stereocenters. The summed E-state index contributed by atoms with van der Waals surface area (Å²) in [4.78, 5) is 0. The summed E-state index contributed by atoms with van der Waals surface area (Å²) in [5.41, 5.74) is 0.175. The second-order valence-corrected chi connectivity index (χ2v) is 4.12. The van der Waals surface area contributed by atoms with Crippen LogP contribution >= 0.6 is 0 Å². The number of ether oxygens (including phenoxy) is 4. The van der Waals surface area contributed by atoms with Crippen molar-refractivity contribution in [3.63, 3.8) is 0 Å². The summed E-state index contributed by atoms with van der Waals surface area (Å²) in [6.07, 6.45) is -0.460. The Morgan fingerprint density at radius 2 is 1.93 bits per heavy atom. The van der Waals surface area contributed by atoms with Crippen LogP contribution in [-0.4, -0.2) is 39.5 Å². The first kappa shape index (κ1) is 11.9. The number of hydrogen-bond donors (Lipinski definition) is 0. The second kappa shape index (κ2) is 5.07. The van der Waals surface area contributed by atoms with Gasteiger partial charge in [-0.15, -0.1) is 0 Å². The highest BCUT2D eigenvalue weighted by atomic mass is 16.8. The van der Waals surface area contributed by atoms with Gasteiger partial charge in [0.2, 0.25) is 0 Å². The number of methoxy groups -OCH3 is 1. The van der Waals surface area contributed by atoms with Crippen molar-refractivity contribution < 1.29 is 18.9 Å². The van der Waals surface area contributed by atoms with Crippen LogP contribution in [0.4, 0.5) is 0 Å². The molecular formula is C10H20O4. The molecule has 0 saturated carbocycles. The first-order valence-electron chi connectivity index (χ1n) is 4.93. The minimum atomic E-state index is -0.234. The lowest BCUT2D eigenvalue weighted by Gasteiger charge is -2.38. The Hall–Kier alpha value is -0.160. The molecule has 4 heteroatoms. The fourth-order valence-corrected chi connectivity index (χ4v) is 1.22. The molecule has 1 fully saturated rings. The van der Waals surface area contributed by atoms with Gasteiger partial charge in [0.05, 0.1) is 19.8 Å². The third kappa shape index (κ3) is 3.53. The summed E-state index contributed by atoms with van der Waals surface area (Å²) in [6.45, 7) is 8.08. The monoisotopic (exact) mass is 204 g/mol. The van der Waals surface area contributed by atoms with Gasteiger partial charge in [0.1, 0.15) is 0 Å². The van der Waals surface area contributed by atoms with Crippen molar-refractivity contribution >= 4 is 0 Å². The molecule has 0 radical (unpaired) electrons. The van der Waals surface area contributed by atoms with E-state index in [2.05, 4.69) is 6.92 Å². The van der Waals surface area contributed by atoms with E-state index in [0.717, 1.165) is 13.2 Å². The van der Waals surface area contributed by atoms with Gasteiger partial charge in [-0.05, 0) is 13.8 Å². The van der Waals surface area contributed by atoms with Crippen LogP contribution in [0.3, 0.4) is 0 Å². The zero-order valence-electron chi connectivity index (χ0n) is 9.41. The Morgan fingerprint density at radius 3 is 2.36 bits per heavy atom. The molecular weight excluding hydrogens is 184 g/mol. The fourth-order valence-electron chi connectivity index (χ4n) is 1.22. The molecule has 0 spiro atoms. The third-order valence-corrected chi connectivity index (χ3v) is 2.28. The Bertz CT molecular complexity index is 168. The van der Waals surface area contributed by atoms with Gasteiger partial charge in [-0.2, -0.15) is 0 Å². The lowest BCUT2D eigenvalue weighted by molar-refractivity contribution is -0.246. The Labute approximate surface area is 85.5 Å². The summed E-state index contributed by atoms with van der Waals surface area (Å²) in [5.74, 6) is 0. The first-order valence-corrected chi connectivity index (χ1v) is 4.93. The van der Waals surface area contributed by atoms with Gasteiger partial charge in [0, 0.05) is 12.5 Å². The van der Waals surface area contributed by atoms with E-state index in [4.69, 9.17) is 18.9 Å². The Kier molecular flexibility index (Phi) is 4.31. The molecule has 1 rings (SSSR count). The van der Waals surface area contributed by atoms with Crippen molar-refractivity contribution in [3.8, 4) is 0 Å². The van der Waals surface area contributed by atoms with Gasteiger partial charge in [0.15, 0.2) is 12.6 Å². The molecule has 1 saturated heterocycles. The van der Waals surface area contributed by atoms with Gasteiger partial charge in [-0.1, -0.05) is 6.92 Å². The molecule has 0 amide bonds. The van der Waals surface area contributed by atoms with Crippen molar-refractivity contribution in [2.24, 2.45) is 5.41 Å². The Morgan fingerprint density at radius 1 is 1.29 bits per heavy atom. The smallest absolute Gasteiger partial charge is 0.157 e. The maximum Gasteiger partial charge on any atom is 0.157 e. The zero-order valence-corrected chi connectivity index (χ0v) is 9.41. The molecule has 0 N–H and O–H groups in total. The predicted molar refractivity (Wildman–Crippen MR) is 51.9 cm³/mol. The average Bonchev–Trinajstić information content (AvgIpc) is 2.11. The van der Waals surface area contributed by atoms with E-state index < -0.39 is 0 Å². The molecule has 2 atom stereocenters. The van der Waals surface area contributed by atoms with Crippen LogP contribution in [0, 0.1) is 5.41 Å². The van der Waals surface area contributed by atoms with Gasteiger partial charge < -0.3 is 18.9 Å². The predicted octanol–water partition coefficient (Wildman–Crippen LogP) is 1.39. The van der Waals surface area contributed by atoms with E-state index in [9.17, 15) is 0 Å². The van der Waals surface area contributed by atoms with E-state index >= 15 is 0 Å². The van der Waals surface area contributed by atoms with Crippen LogP contribution in [0.5, 0.6) is 0 Å². The minimum absolute atomic E-state index is 0.175. The molecule has 1 heterocycles. The van der Waals surface area contributed by atoms with Crippen LogP contribution < -0.4 is 0 Å². The maximum atomic E-state index is 5.54. The quantitative estimate of drug-likeness (QED) is 0.613. The van der Waals surface area contributed by atoms with Crippen molar-refractivity contribution in [2.45, 2.75) is 33.4 Å². The molecule has 1 aliphatic rings. The molecule has 0 aromatic rings. The fraction of sp³-hybridized carbons (Fsp3) is 1.00. The number of hydrogen-bond acceptors (Lipinski definition) is 4. The lowest BCUT2D eigenvalue weighted by Crippen LogP contribution is -2.44. The molecule has 0 aromatic heterocycles. The molecule has 1 aliphatic heterocycles. The third-order valence-electron chi connectivity index (χ3n) is 2.28. The molecule has 84 valence electrons. The van der Waals surface area contributed by atoms with Crippen LogP contribution in [0.25, 0.3) is 0 Å². The molecule has 0 aromatic carbocycles. The molecule has 4 nitrogen and oxygen atoms in total. The first-order chi connectivity index (χ1) is 6.56. The largest absolute Gasteiger partial charge is 0.380 e. The Balaban J connectivity index is 2.11. The topological polar surface area (TPSA) is 36.9 Å². The summed E-state index contributed by atoms with van der Waals surface area (Å²) < 4.78 is 21.0. The highest BCUT2D eigenvalue weighted by molar-refractivity contribution is 4.80. The second-order valence-electron chi connectivity index (χ2n) is 4.12. The van der Waals surface area contributed by atoms with Crippen LogP contribution in [0.2, 0.25) is 0 Å². The average molecular weight is 204 g/mol. The summed E-state index contributed by atoms with van der Waals surface area (Å²) >= 11 is 0. The van der Waals surface area contributed by atoms with E-state index in [0.29, 0.717) is 6.61 Å². The van der Waals surface area contributed by atoms with Crippen molar-refractivity contribution in [3.05, 3.63) is 0 Å². The van der Waals surface area contributed by atoms with Crippen LogP contribution in [0.15, 0.2) is 0 Å². The van der Waals surface area contributed by atoms with E-state index in [1.165, 1.54) is 0 Å². The summed E-state index contributed by atoms with van der Waals surface area (Å²) in [7, 11) is 1.61. The van der Waals surface area contributed by atoms with Crippen molar-refractivity contribution in [1.29, 1.82) is 0 Å². The van der Waals surface area contributed by atoms with Crippen LogP contribution in [0.1, 0.15) is 20.8 Å². The summed E-state index contributed by atoms with van der Waals surface area (Å²) in [5, 5.41) is 0. The van der Waals surface area contributed by atoms with Crippen molar-refractivity contribution in [1.82, 2.24) is 0 Å². The molecule has 14 heavy (non-hydrogen) atoms. The van der Waals surface area contributed by atoms with Gasteiger partial charge >= 0.3 is 0 Å². The van der Waals surface area contributed by atoms with Crippen LogP contribution in [-0.2, 0) is 18.9 Å². The van der Waals surface area contributed by atoms with Gasteiger partial charge in [-0.3, -0.25) is 0 Å². The van der Waals surface area contributed by atoms with Gasteiger partial charge in [-0.25, -0.2) is 0 Å². The molecule has 0 aliphatic carbocycles. The number of rotatable bonds is 6. The summed E-state index contributed by atoms with van der Waals surface area (Å²) in [6, 6.07) is 0. The standard InChI is InChI=1S/C10H20O4/c1-8(11-4)14-9(2)13-7-10(3)5-12-6-10/h8-9H,5-7H2,1-4H3. The lowest BCUT2D eigenvalue weighted by atomic mass is 9.90. The SMILES string of the molecule is COC(C)OC(C)OCC1(C)COC1. The van der Waals surface area contributed by atoms with E-state index in [1.54, 1.807) is 7.11 Å².